The van der Waals surface area contributed by atoms with Gasteiger partial charge in [-0.3, -0.25) is 5.41 Å². The molecule has 0 aromatic carbocycles. The molecule has 0 unspecified atom stereocenters. The second kappa shape index (κ2) is 7.78. The van der Waals surface area contributed by atoms with Crippen LogP contribution in [0.15, 0.2) is 35.1 Å². The molecule has 0 atom stereocenters. The van der Waals surface area contributed by atoms with Crippen LogP contribution in [0.4, 0.5) is 14.6 Å². The summed E-state index contributed by atoms with van der Waals surface area (Å²) in [6.45, 7) is 0.924. The second-order valence-corrected chi connectivity index (χ2v) is 6.71. The molecule has 0 spiro atoms. The lowest BCUT2D eigenvalue weighted by Crippen LogP contribution is -2.06. The van der Waals surface area contributed by atoms with Crippen molar-refractivity contribution in [2.75, 3.05) is 5.32 Å². The lowest BCUT2D eigenvalue weighted by Gasteiger charge is -2.09. The maximum Gasteiger partial charge on any atom is 0.388 e. The zero-order chi connectivity index (χ0) is 19.6. The van der Waals surface area contributed by atoms with E-state index >= 15 is 0 Å². The van der Waals surface area contributed by atoms with Crippen LogP contribution < -0.4 is 10.1 Å². The first-order valence-corrected chi connectivity index (χ1v) is 8.70. The number of thioether (sulfide) groups is 1. The van der Waals surface area contributed by atoms with Gasteiger partial charge in [0, 0.05) is 30.1 Å². The zero-order valence-electron chi connectivity index (χ0n) is 14.5. The van der Waals surface area contributed by atoms with E-state index in [1.807, 2.05) is 0 Å². The van der Waals surface area contributed by atoms with E-state index in [1.165, 1.54) is 30.4 Å². The molecule has 1 aliphatic heterocycles. The fourth-order valence-corrected chi connectivity index (χ4v) is 3.46. The highest BCUT2D eigenvalue weighted by atomic mass is 32.2. The molecule has 7 nitrogen and oxygen atoms in total. The Kier molecular flexibility index (Phi) is 5.45. The van der Waals surface area contributed by atoms with Gasteiger partial charge in [-0.1, -0.05) is 17.8 Å². The summed E-state index contributed by atoms with van der Waals surface area (Å²) in [6.07, 6.45) is 2.85. The highest BCUT2D eigenvalue weighted by molar-refractivity contribution is 8.15. The largest absolute Gasteiger partial charge is 0.417 e. The van der Waals surface area contributed by atoms with Gasteiger partial charge in [-0.15, -0.1) is 0 Å². The highest BCUT2D eigenvalue weighted by Gasteiger charge is 2.29. The minimum Gasteiger partial charge on any atom is -0.417 e. The minimum atomic E-state index is -2.91. The number of nitrogens with one attached hydrogen (secondary N) is 3. The third kappa shape index (κ3) is 4.11. The van der Waals surface area contributed by atoms with Gasteiger partial charge >= 0.3 is 6.61 Å². The summed E-state index contributed by atoms with van der Waals surface area (Å²) in [4.78, 5) is 13.1. The number of nitrogens with zero attached hydrogens (tertiary/aromatic N) is 3. The van der Waals surface area contributed by atoms with E-state index < -0.39 is 6.61 Å². The number of hydrogen-bond acceptors (Lipinski definition) is 8. The molecule has 0 fully saturated rings. The van der Waals surface area contributed by atoms with Crippen molar-refractivity contribution >= 4 is 33.9 Å². The summed E-state index contributed by atoms with van der Waals surface area (Å²) in [5.41, 5.74) is 3.11. The molecule has 0 saturated heterocycles. The monoisotopic (exact) mass is 390 g/mol. The number of hydrogen-bond donors (Lipinski definition) is 3. The first-order chi connectivity index (χ1) is 12.9. The molecule has 2 aromatic heterocycles. The van der Waals surface area contributed by atoms with E-state index in [1.54, 1.807) is 19.9 Å². The number of fused-ring (bicyclic) bond motifs is 1. The van der Waals surface area contributed by atoms with Gasteiger partial charge < -0.3 is 15.5 Å². The molecule has 27 heavy (non-hydrogen) atoms. The number of halogens is 2. The number of rotatable bonds is 6. The van der Waals surface area contributed by atoms with Crippen molar-refractivity contribution in [3.8, 4) is 5.88 Å². The van der Waals surface area contributed by atoms with Gasteiger partial charge in [0.15, 0.2) is 0 Å². The summed E-state index contributed by atoms with van der Waals surface area (Å²) in [5.74, 6) is 0.418. The van der Waals surface area contributed by atoms with Crippen molar-refractivity contribution in [1.82, 2.24) is 15.0 Å². The summed E-state index contributed by atoms with van der Waals surface area (Å²) in [5, 5.41) is 19.5. The topological polar surface area (TPSA) is 108 Å². The fraction of sp³-hybridized carbons (Fsp3) is 0.235. The Labute approximate surface area is 158 Å². The number of aromatic nitrogens is 3. The Morgan fingerprint density at radius 1 is 1.26 bits per heavy atom. The molecular formula is C17H16F2N6OS. The van der Waals surface area contributed by atoms with Crippen LogP contribution in [0.5, 0.6) is 5.88 Å². The Morgan fingerprint density at radius 2 is 2.04 bits per heavy atom. The Balaban J connectivity index is 1.80. The van der Waals surface area contributed by atoms with Crippen molar-refractivity contribution in [1.29, 1.82) is 10.8 Å². The summed E-state index contributed by atoms with van der Waals surface area (Å²) < 4.78 is 28.5. The zero-order valence-corrected chi connectivity index (χ0v) is 15.3. The molecule has 0 saturated carbocycles. The number of ether oxygens (including phenoxy) is 1. The van der Waals surface area contributed by atoms with E-state index in [9.17, 15) is 8.78 Å². The molecule has 0 bridgehead atoms. The average Bonchev–Trinajstić information content (AvgIpc) is 2.96. The molecule has 3 rings (SSSR count). The third-order valence-electron chi connectivity index (χ3n) is 3.88. The first-order valence-electron chi connectivity index (χ1n) is 7.89. The SMILES string of the molecule is CC(=N)/C(C)=C1\C(=N)Sc2c(NCc3ccc(OC(F)F)nc3)ncnc21. The molecular weight excluding hydrogens is 374 g/mol. The van der Waals surface area contributed by atoms with Gasteiger partial charge in [-0.2, -0.15) is 8.78 Å². The van der Waals surface area contributed by atoms with Crippen LogP contribution in [0, 0.1) is 10.8 Å². The summed E-state index contributed by atoms with van der Waals surface area (Å²) in [7, 11) is 0. The van der Waals surface area contributed by atoms with Crippen LogP contribution in [0.2, 0.25) is 0 Å². The van der Waals surface area contributed by atoms with Gasteiger partial charge in [-0.05, 0) is 25.0 Å². The van der Waals surface area contributed by atoms with Gasteiger partial charge in [0.25, 0.3) is 0 Å². The maximum atomic E-state index is 12.2. The first kappa shape index (κ1) is 18.9. The van der Waals surface area contributed by atoms with E-state index in [-0.39, 0.29) is 5.88 Å². The van der Waals surface area contributed by atoms with Crippen LogP contribution in [0.3, 0.4) is 0 Å². The molecule has 1 aliphatic rings. The normalized spacial score (nSPS) is 14.9. The molecule has 0 radical (unpaired) electrons. The van der Waals surface area contributed by atoms with Crippen LogP contribution in [-0.4, -0.2) is 32.3 Å². The van der Waals surface area contributed by atoms with Crippen molar-refractivity contribution in [2.45, 2.75) is 31.9 Å². The van der Waals surface area contributed by atoms with E-state index in [2.05, 4.69) is 25.0 Å². The van der Waals surface area contributed by atoms with Crippen molar-refractivity contribution in [3.63, 3.8) is 0 Å². The summed E-state index contributed by atoms with van der Waals surface area (Å²) in [6, 6.07) is 3.00. The number of allylic oxidation sites excluding steroid dienone is 1. The quantitative estimate of drug-likeness (QED) is 0.644. The van der Waals surface area contributed by atoms with E-state index in [4.69, 9.17) is 10.8 Å². The molecule has 0 aliphatic carbocycles. The molecule has 3 N–H and O–H groups in total. The predicted octanol–water partition coefficient (Wildman–Crippen LogP) is 3.98. The van der Waals surface area contributed by atoms with Gasteiger partial charge in [0.2, 0.25) is 5.88 Å². The molecule has 3 heterocycles. The Morgan fingerprint density at radius 3 is 2.67 bits per heavy atom. The number of alkyl halides is 2. The van der Waals surface area contributed by atoms with Crippen LogP contribution in [-0.2, 0) is 6.54 Å². The standard InChI is InChI=1S/C17H16F2N6OS/c1-8(9(2)20)12-13-14(27-15(12)21)16(25-7-24-13)23-6-10-3-4-11(22-5-10)26-17(18)19/h3-5,7,17,20-21H,6H2,1-2H3,(H,23,24,25)/b12-8-,20-9?,21-15?. The van der Waals surface area contributed by atoms with E-state index in [0.29, 0.717) is 40.0 Å². The smallest absolute Gasteiger partial charge is 0.388 e. The van der Waals surface area contributed by atoms with Crippen molar-refractivity contribution in [2.24, 2.45) is 0 Å². The van der Waals surface area contributed by atoms with Gasteiger partial charge in [-0.25, -0.2) is 15.0 Å². The lowest BCUT2D eigenvalue weighted by molar-refractivity contribution is -0.0528. The van der Waals surface area contributed by atoms with Crippen LogP contribution in [0.25, 0.3) is 5.57 Å². The molecule has 140 valence electrons. The Bertz CT molecular complexity index is 930. The minimum absolute atomic E-state index is 0.145. The number of anilines is 1. The molecule has 0 amide bonds. The van der Waals surface area contributed by atoms with Crippen LogP contribution in [0.1, 0.15) is 25.1 Å². The predicted molar refractivity (Wildman–Crippen MR) is 99.8 cm³/mol. The lowest BCUT2D eigenvalue weighted by atomic mass is 10.0. The molecule has 10 heteroatoms. The highest BCUT2D eigenvalue weighted by Crippen LogP contribution is 2.44. The average molecular weight is 390 g/mol. The third-order valence-corrected chi connectivity index (χ3v) is 4.88. The van der Waals surface area contributed by atoms with Crippen molar-refractivity contribution < 1.29 is 13.5 Å². The van der Waals surface area contributed by atoms with Crippen LogP contribution >= 0.6 is 11.8 Å². The van der Waals surface area contributed by atoms with Gasteiger partial charge in [0.1, 0.15) is 17.2 Å². The fourth-order valence-electron chi connectivity index (χ4n) is 2.43. The summed E-state index contributed by atoms with van der Waals surface area (Å²) >= 11 is 1.24. The number of pyridine rings is 1. The Hall–Kier alpha value is -2.88. The van der Waals surface area contributed by atoms with E-state index in [0.717, 1.165) is 10.5 Å². The molecule has 2 aromatic rings. The second-order valence-electron chi connectivity index (χ2n) is 5.69. The maximum absolute atomic E-state index is 12.2. The van der Waals surface area contributed by atoms with Gasteiger partial charge in [0.05, 0.1) is 10.6 Å². The van der Waals surface area contributed by atoms with Crippen molar-refractivity contribution in [3.05, 3.63) is 41.5 Å².